The molecule has 0 fully saturated rings. The summed E-state index contributed by atoms with van der Waals surface area (Å²) in [5.41, 5.74) is 0.793. The Morgan fingerprint density at radius 3 is 2.18 bits per heavy atom. The molecule has 1 nitrogen and oxygen atoms in total. The Balaban J connectivity index is 2.86. The molecule has 1 aromatic rings. The van der Waals surface area contributed by atoms with E-state index in [1.807, 2.05) is 30.3 Å². The van der Waals surface area contributed by atoms with Crippen molar-refractivity contribution < 1.29 is 4.79 Å². The molecular weight excluding hydrogens is 366 g/mol. The summed E-state index contributed by atoms with van der Waals surface area (Å²) in [6.07, 6.45) is 0. The van der Waals surface area contributed by atoms with E-state index >= 15 is 0 Å². The number of hydrogen-bond donors (Lipinski definition) is 0. The summed E-state index contributed by atoms with van der Waals surface area (Å²) in [5.74, 6) is 0.187. The second-order valence-corrected chi connectivity index (χ2v) is 6.91. The Hall–Kier alpha value is 0.350. The van der Waals surface area contributed by atoms with Crippen LogP contribution in [0.5, 0.6) is 0 Å². The van der Waals surface area contributed by atoms with Crippen molar-refractivity contribution in [1.82, 2.24) is 0 Å². The molecule has 0 heterocycles. The zero-order chi connectivity index (χ0) is 8.27. The van der Waals surface area contributed by atoms with Crippen molar-refractivity contribution in [3.63, 3.8) is 0 Å². The van der Waals surface area contributed by atoms with Crippen LogP contribution in [0.3, 0.4) is 0 Å². The molecule has 58 valence electrons. The largest absolute Gasteiger partial charge is 0.292 e. The van der Waals surface area contributed by atoms with E-state index in [1.54, 1.807) is 0 Å². The van der Waals surface area contributed by atoms with Crippen molar-refractivity contribution in [1.29, 1.82) is 0 Å². The molecular formula is C8H6I2O. The van der Waals surface area contributed by atoms with Crippen LogP contribution in [0.2, 0.25) is 0 Å². The molecule has 0 radical (unpaired) electrons. The van der Waals surface area contributed by atoms with Crippen molar-refractivity contribution in [3.05, 3.63) is 35.9 Å². The van der Waals surface area contributed by atoms with Gasteiger partial charge in [0.05, 0.1) is 0 Å². The molecule has 11 heavy (non-hydrogen) atoms. The minimum Gasteiger partial charge on any atom is -0.292 e. The molecule has 0 unspecified atom stereocenters. The summed E-state index contributed by atoms with van der Waals surface area (Å²) in [7, 11) is 0. The fourth-order valence-corrected chi connectivity index (χ4v) is 1.45. The third-order valence-corrected chi connectivity index (χ3v) is 2.39. The lowest BCUT2D eigenvalue weighted by Gasteiger charge is -1.99. The van der Waals surface area contributed by atoms with Gasteiger partial charge in [-0.1, -0.05) is 75.5 Å². The molecule has 0 spiro atoms. The molecule has 3 heteroatoms. The van der Waals surface area contributed by atoms with Gasteiger partial charge in [0.25, 0.3) is 0 Å². The summed E-state index contributed by atoms with van der Waals surface area (Å²) in [6.45, 7) is 0. The molecule has 0 aliphatic rings. The third kappa shape index (κ3) is 2.70. The van der Waals surface area contributed by atoms with Gasteiger partial charge in [0.15, 0.2) is 5.78 Å². The number of ketones is 1. The van der Waals surface area contributed by atoms with Gasteiger partial charge < -0.3 is 0 Å². The van der Waals surface area contributed by atoms with Crippen LogP contribution in [-0.2, 0) is 0 Å². The predicted molar refractivity (Wildman–Crippen MR) is 62.6 cm³/mol. The Labute approximate surface area is 92.8 Å². The van der Waals surface area contributed by atoms with Gasteiger partial charge in [0.2, 0.25) is 0 Å². The topological polar surface area (TPSA) is 17.1 Å². The van der Waals surface area contributed by atoms with Crippen LogP contribution < -0.4 is 0 Å². The van der Waals surface area contributed by atoms with Crippen LogP contribution >= 0.6 is 45.2 Å². The maximum atomic E-state index is 11.3. The van der Waals surface area contributed by atoms with Crippen LogP contribution in [-0.4, -0.2) is 7.71 Å². The van der Waals surface area contributed by atoms with Crippen molar-refractivity contribution in [2.75, 3.05) is 0 Å². The molecule has 0 saturated carbocycles. The molecule has 0 N–H and O–H groups in total. The summed E-state index contributed by atoms with van der Waals surface area (Å²) >= 11 is 4.22. The summed E-state index contributed by atoms with van der Waals surface area (Å²) in [6, 6.07) is 9.34. The highest BCUT2D eigenvalue weighted by Crippen LogP contribution is 2.16. The van der Waals surface area contributed by atoms with E-state index < -0.39 is 0 Å². The molecule has 0 amide bonds. The summed E-state index contributed by atoms with van der Waals surface area (Å²) in [5, 5.41) is 0. The fourth-order valence-electron chi connectivity index (χ4n) is 0.728. The van der Waals surface area contributed by atoms with E-state index in [1.165, 1.54) is 0 Å². The Morgan fingerprint density at radius 1 is 1.18 bits per heavy atom. The van der Waals surface area contributed by atoms with Crippen LogP contribution in [0.1, 0.15) is 10.4 Å². The van der Waals surface area contributed by atoms with Crippen molar-refractivity contribution in [3.8, 4) is 0 Å². The van der Waals surface area contributed by atoms with Gasteiger partial charge in [-0.25, -0.2) is 0 Å². The zero-order valence-electron chi connectivity index (χ0n) is 5.63. The van der Waals surface area contributed by atoms with E-state index in [9.17, 15) is 4.79 Å². The van der Waals surface area contributed by atoms with Gasteiger partial charge in [-0.3, -0.25) is 4.79 Å². The number of carbonyl (C=O) groups excluding carboxylic acids is 1. The van der Waals surface area contributed by atoms with Gasteiger partial charge >= 0.3 is 0 Å². The molecule has 0 bridgehead atoms. The molecule has 0 saturated heterocycles. The lowest BCUT2D eigenvalue weighted by Crippen LogP contribution is -2.05. The molecule has 0 aliphatic carbocycles. The first-order valence-electron chi connectivity index (χ1n) is 3.09. The molecule has 0 atom stereocenters. The number of halogens is 2. The van der Waals surface area contributed by atoms with Gasteiger partial charge in [0, 0.05) is 5.56 Å². The van der Waals surface area contributed by atoms with E-state index in [0.29, 0.717) is 0 Å². The first kappa shape index (κ1) is 9.44. The Morgan fingerprint density at radius 2 is 1.73 bits per heavy atom. The quantitative estimate of drug-likeness (QED) is 0.443. The predicted octanol–water partition coefficient (Wildman–Crippen LogP) is 3.07. The summed E-state index contributed by atoms with van der Waals surface area (Å²) in [4.78, 5) is 11.3. The Kier molecular flexibility index (Phi) is 3.77. The highest BCUT2D eigenvalue weighted by molar-refractivity contribution is 14.2. The van der Waals surface area contributed by atoms with Crippen molar-refractivity contribution in [2.24, 2.45) is 0 Å². The van der Waals surface area contributed by atoms with Crippen LogP contribution in [0.4, 0.5) is 0 Å². The number of carbonyl (C=O) groups is 1. The highest BCUT2D eigenvalue weighted by Gasteiger charge is 2.11. The third-order valence-electron chi connectivity index (χ3n) is 1.26. The smallest absolute Gasteiger partial charge is 0.185 e. The highest BCUT2D eigenvalue weighted by atomic mass is 127. The second kappa shape index (κ2) is 4.39. The van der Waals surface area contributed by atoms with Gasteiger partial charge in [-0.15, -0.1) is 0 Å². The lowest BCUT2D eigenvalue weighted by atomic mass is 10.2. The van der Waals surface area contributed by atoms with Gasteiger partial charge in [-0.05, 0) is 0 Å². The maximum Gasteiger partial charge on any atom is 0.185 e. The van der Waals surface area contributed by atoms with E-state index in [4.69, 9.17) is 0 Å². The van der Waals surface area contributed by atoms with Gasteiger partial charge in [-0.2, -0.15) is 0 Å². The van der Waals surface area contributed by atoms with Crippen LogP contribution in [0.25, 0.3) is 0 Å². The van der Waals surface area contributed by atoms with Crippen LogP contribution in [0, 0.1) is 0 Å². The maximum absolute atomic E-state index is 11.3. The first-order chi connectivity index (χ1) is 5.22. The monoisotopic (exact) mass is 372 g/mol. The minimum absolute atomic E-state index is 0.0348. The number of alkyl halides is 2. The minimum atomic E-state index is 0.0348. The normalized spacial score (nSPS) is 10.1. The number of Topliss-reactive ketones (excluding diaryl/α,β-unsaturated/α-hetero) is 1. The van der Waals surface area contributed by atoms with E-state index in [2.05, 4.69) is 45.2 Å². The Bertz CT molecular complexity index is 244. The van der Waals surface area contributed by atoms with E-state index in [-0.39, 0.29) is 7.71 Å². The number of rotatable bonds is 2. The van der Waals surface area contributed by atoms with Crippen molar-refractivity contribution >= 4 is 51.0 Å². The second-order valence-electron chi connectivity index (χ2n) is 2.03. The lowest BCUT2D eigenvalue weighted by molar-refractivity contribution is 0.102. The average Bonchev–Trinajstić information content (AvgIpc) is 2.05. The standard InChI is InChI=1S/C8H6I2O/c9-8(10)7(11)6-4-2-1-3-5-6/h1-5,8H. The van der Waals surface area contributed by atoms with E-state index in [0.717, 1.165) is 5.56 Å². The number of hydrogen-bond acceptors (Lipinski definition) is 1. The first-order valence-corrected chi connectivity index (χ1v) is 5.58. The summed E-state index contributed by atoms with van der Waals surface area (Å²) < 4.78 is 0.0348. The molecule has 0 aromatic heterocycles. The SMILES string of the molecule is O=C(c1ccccc1)C(I)I. The molecule has 0 aliphatic heterocycles. The zero-order valence-corrected chi connectivity index (χ0v) is 9.94. The van der Waals surface area contributed by atoms with Crippen LogP contribution in [0.15, 0.2) is 30.3 Å². The average molecular weight is 372 g/mol. The molecule has 1 aromatic carbocycles. The van der Waals surface area contributed by atoms with Gasteiger partial charge in [0.1, 0.15) is 1.93 Å². The van der Waals surface area contributed by atoms with Crippen molar-refractivity contribution in [2.45, 2.75) is 1.93 Å². The fraction of sp³-hybridized carbons (Fsp3) is 0.125. The molecule has 1 rings (SSSR count). The number of benzene rings is 1.